The lowest BCUT2D eigenvalue weighted by molar-refractivity contribution is -0.114. The molecule has 0 aromatic heterocycles. The molecule has 2 N–H and O–H groups in total. The lowest BCUT2D eigenvalue weighted by atomic mass is 10.2. The van der Waals surface area contributed by atoms with Gasteiger partial charge in [-0.15, -0.1) is 0 Å². The minimum atomic E-state index is -0.186. The molecule has 1 aromatic carbocycles. The summed E-state index contributed by atoms with van der Waals surface area (Å²) >= 11 is 0. The Morgan fingerprint density at radius 2 is 2.12 bits per heavy atom. The lowest BCUT2D eigenvalue weighted by Crippen LogP contribution is -2.27. The van der Waals surface area contributed by atoms with Crippen molar-refractivity contribution in [3.8, 4) is 0 Å². The van der Waals surface area contributed by atoms with Gasteiger partial charge in [-0.3, -0.25) is 9.59 Å². The predicted molar refractivity (Wildman–Crippen MR) is 65.0 cm³/mol. The molecule has 1 rings (SSSR count). The highest BCUT2D eigenvalue weighted by Crippen LogP contribution is 2.10. The van der Waals surface area contributed by atoms with Crippen molar-refractivity contribution in [1.82, 2.24) is 5.32 Å². The Bertz CT molecular complexity index is 404. The second-order valence-electron chi connectivity index (χ2n) is 3.51. The minimum Gasteiger partial charge on any atom is -0.383 e. The van der Waals surface area contributed by atoms with Crippen molar-refractivity contribution in [3.05, 3.63) is 29.8 Å². The van der Waals surface area contributed by atoms with Crippen LogP contribution >= 0.6 is 0 Å². The van der Waals surface area contributed by atoms with E-state index in [4.69, 9.17) is 4.74 Å². The molecule has 0 unspecified atom stereocenters. The largest absolute Gasteiger partial charge is 0.383 e. The van der Waals surface area contributed by atoms with Gasteiger partial charge in [0.2, 0.25) is 5.91 Å². The number of nitrogens with one attached hydrogen (secondary N) is 2. The van der Waals surface area contributed by atoms with E-state index in [9.17, 15) is 9.59 Å². The Morgan fingerprint density at radius 1 is 1.35 bits per heavy atom. The van der Waals surface area contributed by atoms with Gasteiger partial charge in [-0.05, 0) is 18.2 Å². The molecule has 0 saturated heterocycles. The zero-order chi connectivity index (χ0) is 12.7. The van der Waals surface area contributed by atoms with E-state index in [2.05, 4.69) is 10.6 Å². The minimum absolute atomic E-state index is 0.165. The van der Waals surface area contributed by atoms with Gasteiger partial charge in [0.05, 0.1) is 6.61 Å². The van der Waals surface area contributed by atoms with Crippen molar-refractivity contribution >= 4 is 17.5 Å². The first-order chi connectivity index (χ1) is 8.13. The number of carbonyl (C=O) groups is 2. The number of benzene rings is 1. The van der Waals surface area contributed by atoms with E-state index in [1.54, 1.807) is 31.4 Å². The maximum Gasteiger partial charge on any atom is 0.251 e. The third kappa shape index (κ3) is 4.65. The van der Waals surface area contributed by atoms with E-state index in [0.29, 0.717) is 24.4 Å². The van der Waals surface area contributed by atoms with Gasteiger partial charge < -0.3 is 15.4 Å². The fraction of sp³-hybridized carbons (Fsp3) is 0.333. The van der Waals surface area contributed by atoms with Crippen LogP contribution < -0.4 is 10.6 Å². The maximum atomic E-state index is 11.7. The van der Waals surface area contributed by atoms with Crippen LogP contribution in [0.5, 0.6) is 0 Å². The number of methoxy groups -OCH3 is 1. The van der Waals surface area contributed by atoms with Crippen molar-refractivity contribution in [1.29, 1.82) is 0 Å². The van der Waals surface area contributed by atoms with Gasteiger partial charge in [0.15, 0.2) is 0 Å². The second-order valence-corrected chi connectivity index (χ2v) is 3.51. The van der Waals surface area contributed by atoms with Crippen LogP contribution in [-0.2, 0) is 9.53 Å². The number of hydrogen-bond donors (Lipinski definition) is 2. The smallest absolute Gasteiger partial charge is 0.251 e. The van der Waals surface area contributed by atoms with E-state index in [-0.39, 0.29) is 11.8 Å². The van der Waals surface area contributed by atoms with Crippen molar-refractivity contribution in [2.75, 3.05) is 25.6 Å². The molecule has 5 nitrogen and oxygen atoms in total. The van der Waals surface area contributed by atoms with Gasteiger partial charge in [-0.2, -0.15) is 0 Å². The molecule has 0 spiro atoms. The van der Waals surface area contributed by atoms with Gasteiger partial charge in [-0.1, -0.05) is 6.07 Å². The summed E-state index contributed by atoms with van der Waals surface area (Å²) in [6.07, 6.45) is 0. The van der Waals surface area contributed by atoms with Crippen LogP contribution in [0.4, 0.5) is 5.69 Å². The van der Waals surface area contributed by atoms with Crippen molar-refractivity contribution in [2.45, 2.75) is 6.92 Å². The number of carbonyl (C=O) groups excluding carboxylic acids is 2. The Morgan fingerprint density at radius 3 is 2.76 bits per heavy atom. The standard InChI is InChI=1S/C12H16N2O3/c1-9(15)14-11-5-3-4-10(8-11)12(16)13-6-7-17-2/h3-5,8H,6-7H2,1-2H3,(H,13,16)(H,14,15). The molecule has 92 valence electrons. The summed E-state index contributed by atoms with van der Waals surface area (Å²) in [6, 6.07) is 6.76. The summed E-state index contributed by atoms with van der Waals surface area (Å²) in [5.74, 6) is -0.351. The number of ether oxygens (including phenoxy) is 1. The molecule has 0 aliphatic heterocycles. The third-order valence-corrected chi connectivity index (χ3v) is 2.04. The summed E-state index contributed by atoms with van der Waals surface area (Å²) in [6.45, 7) is 2.35. The van der Waals surface area contributed by atoms with E-state index in [1.165, 1.54) is 6.92 Å². The highest BCUT2D eigenvalue weighted by molar-refractivity contribution is 5.96. The van der Waals surface area contributed by atoms with Crippen LogP contribution in [0, 0.1) is 0 Å². The van der Waals surface area contributed by atoms with Gasteiger partial charge in [0, 0.05) is 31.8 Å². The topological polar surface area (TPSA) is 67.4 Å². The summed E-state index contributed by atoms with van der Waals surface area (Å²) in [4.78, 5) is 22.6. The maximum absolute atomic E-state index is 11.7. The quantitative estimate of drug-likeness (QED) is 0.750. The van der Waals surface area contributed by atoms with E-state index >= 15 is 0 Å². The van der Waals surface area contributed by atoms with Crippen LogP contribution in [0.3, 0.4) is 0 Å². The van der Waals surface area contributed by atoms with Gasteiger partial charge in [-0.25, -0.2) is 0 Å². The summed E-state index contributed by atoms with van der Waals surface area (Å²) in [5, 5.41) is 5.33. The van der Waals surface area contributed by atoms with Crippen molar-refractivity contribution in [2.24, 2.45) is 0 Å². The molecular weight excluding hydrogens is 220 g/mol. The van der Waals surface area contributed by atoms with Crippen LogP contribution in [0.25, 0.3) is 0 Å². The number of anilines is 1. The fourth-order valence-corrected chi connectivity index (χ4v) is 1.31. The zero-order valence-corrected chi connectivity index (χ0v) is 9.95. The lowest BCUT2D eigenvalue weighted by Gasteiger charge is -2.06. The molecule has 0 fully saturated rings. The Labute approximate surface area is 100 Å². The van der Waals surface area contributed by atoms with Gasteiger partial charge in [0.1, 0.15) is 0 Å². The van der Waals surface area contributed by atoms with E-state index in [1.807, 2.05) is 0 Å². The SMILES string of the molecule is COCCNC(=O)c1cccc(NC(C)=O)c1. The first kappa shape index (κ1) is 13.2. The normalized spacial score (nSPS) is 9.76. The average Bonchev–Trinajstić information content (AvgIpc) is 2.28. The van der Waals surface area contributed by atoms with E-state index in [0.717, 1.165) is 0 Å². The average molecular weight is 236 g/mol. The molecule has 5 heteroatoms. The number of amides is 2. The van der Waals surface area contributed by atoms with Crippen molar-refractivity contribution < 1.29 is 14.3 Å². The first-order valence-corrected chi connectivity index (χ1v) is 5.28. The molecule has 0 aliphatic rings. The van der Waals surface area contributed by atoms with Gasteiger partial charge >= 0.3 is 0 Å². The molecule has 0 bridgehead atoms. The predicted octanol–water partition coefficient (Wildman–Crippen LogP) is 1.02. The Kier molecular flexibility index (Phi) is 5.16. The Balaban J connectivity index is 2.63. The number of rotatable bonds is 5. The monoisotopic (exact) mass is 236 g/mol. The summed E-state index contributed by atoms with van der Waals surface area (Å²) in [5.41, 5.74) is 1.12. The van der Waals surface area contributed by atoms with Crippen LogP contribution in [-0.4, -0.2) is 32.1 Å². The highest BCUT2D eigenvalue weighted by atomic mass is 16.5. The number of hydrogen-bond acceptors (Lipinski definition) is 3. The molecular formula is C12H16N2O3. The molecule has 17 heavy (non-hydrogen) atoms. The van der Waals surface area contributed by atoms with Crippen molar-refractivity contribution in [3.63, 3.8) is 0 Å². The molecule has 0 saturated carbocycles. The summed E-state index contributed by atoms with van der Waals surface area (Å²) < 4.78 is 4.83. The highest BCUT2D eigenvalue weighted by Gasteiger charge is 2.05. The van der Waals surface area contributed by atoms with Crippen LogP contribution in [0.2, 0.25) is 0 Å². The van der Waals surface area contributed by atoms with Crippen LogP contribution in [0.1, 0.15) is 17.3 Å². The molecule has 0 heterocycles. The molecule has 0 aliphatic carbocycles. The molecule has 0 atom stereocenters. The Hall–Kier alpha value is -1.88. The first-order valence-electron chi connectivity index (χ1n) is 5.28. The van der Waals surface area contributed by atoms with Gasteiger partial charge in [0.25, 0.3) is 5.91 Å². The molecule has 0 radical (unpaired) electrons. The second kappa shape index (κ2) is 6.65. The van der Waals surface area contributed by atoms with E-state index < -0.39 is 0 Å². The third-order valence-electron chi connectivity index (χ3n) is 2.04. The van der Waals surface area contributed by atoms with Crippen LogP contribution in [0.15, 0.2) is 24.3 Å². The molecule has 2 amide bonds. The molecule has 1 aromatic rings. The zero-order valence-electron chi connectivity index (χ0n) is 9.95. The summed E-state index contributed by atoms with van der Waals surface area (Å²) in [7, 11) is 1.57. The fourth-order valence-electron chi connectivity index (χ4n) is 1.31.